The summed E-state index contributed by atoms with van der Waals surface area (Å²) in [5.74, 6) is 0.410. The third-order valence-corrected chi connectivity index (χ3v) is 4.47. The van der Waals surface area contributed by atoms with E-state index in [9.17, 15) is 18.0 Å². The van der Waals surface area contributed by atoms with Crippen LogP contribution in [0, 0.1) is 5.92 Å². The predicted molar refractivity (Wildman–Crippen MR) is 82.1 cm³/mol. The van der Waals surface area contributed by atoms with Crippen LogP contribution in [0.2, 0.25) is 0 Å². The van der Waals surface area contributed by atoms with Crippen molar-refractivity contribution >= 4 is 11.7 Å². The number of anilines is 1. The molecule has 0 saturated carbocycles. The lowest BCUT2D eigenvalue weighted by atomic mass is 10.0. The molecule has 2 heterocycles. The van der Waals surface area contributed by atoms with Crippen LogP contribution >= 0.6 is 0 Å². The van der Waals surface area contributed by atoms with Gasteiger partial charge in [0.2, 0.25) is 5.91 Å². The molecule has 0 bridgehead atoms. The maximum atomic E-state index is 12.7. The molecule has 1 N–H and O–H groups in total. The highest BCUT2D eigenvalue weighted by atomic mass is 19.4. The summed E-state index contributed by atoms with van der Waals surface area (Å²) in [6.45, 7) is 1.23. The Morgan fingerprint density at radius 3 is 2.46 bits per heavy atom. The van der Waals surface area contributed by atoms with Crippen molar-refractivity contribution in [2.75, 3.05) is 18.4 Å². The summed E-state index contributed by atoms with van der Waals surface area (Å²) >= 11 is 0. The molecule has 1 fully saturated rings. The number of hydrogen-bond acceptors (Lipinski definition) is 4. The normalized spacial score (nSPS) is 19.7. The highest BCUT2D eigenvalue weighted by Gasteiger charge is 2.33. The van der Waals surface area contributed by atoms with E-state index in [2.05, 4.69) is 15.3 Å². The molecule has 3 rings (SSSR count). The molecule has 0 unspecified atom stereocenters. The second kappa shape index (κ2) is 6.78. The van der Waals surface area contributed by atoms with E-state index in [0.717, 1.165) is 25.2 Å². The van der Waals surface area contributed by atoms with Gasteiger partial charge in [-0.3, -0.25) is 4.79 Å². The Balaban J connectivity index is 1.53. The Kier molecular flexibility index (Phi) is 4.73. The summed E-state index contributed by atoms with van der Waals surface area (Å²) in [6.07, 6.45) is 3.49. The molecule has 1 aliphatic heterocycles. The van der Waals surface area contributed by atoms with Crippen LogP contribution in [0.3, 0.4) is 0 Å². The summed E-state index contributed by atoms with van der Waals surface area (Å²) in [5.41, 5.74) is -0.957. The molecule has 8 heteroatoms. The highest BCUT2D eigenvalue weighted by molar-refractivity contribution is 5.79. The molecule has 5 nitrogen and oxygen atoms in total. The zero-order chi connectivity index (χ0) is 17.2. The topological polar surface area (TPSA) is 58.1 Å². The zero-order valence-corrected chi connectivity index (χ0v) is 13.1. The van der Waals surface area contributed by atoms with Crippen molar-refractivity contribution in [2.24, 2.45) is 5.92 Å². The van der Waals surface area contributed by atoms with E-state index in [-0.39, 0.29) is 23.7 Å². The SMILES string of the molecule is O=C(C1CC=CC1)N1CCC(Nc2cc(C(F)(F)F)ncn2)CC1. The van der Waals surface area contributed by atoms with Gasteiger partial charge in [0.05, 0.1) is 0 Å². The second-order valence-corrected chi connectivity index (χ2v) is 6.17. The van der Waals surface area contributed by atoms with Crippen LogP contribution in [0.4, 0.5) is 19.0 Å². The zero-order valence-electron chi connectivity index (χ0n) is 13.1. The fourth-order valence-corrected chi connectivity index (χ4v) is 3.12. The van der Waals surface area contributed by atoms with Crippen molar-refractivity contribution in [1.29, 1.82) is 0 Å². The molecule has 0 aromatic carbocycles. The molecule has 1 saturated heterocycles. The van der Waals surface area contributed by atoms with Crippen molar-refractivity contribution in [3.63, 3.8) is 0 Å². The first kappa shape index (κ1) is 16.7. The van der Waals surface area contributed by atoms with Crippen molar-refractivity contribution in [3.05, 3.63) is 30.2 Å². The minimum absolute atomic E-state index is 0.00624. The molecule has 1 aliphatic carbocycles. The van der Waals surface area contributed by atoms with E-state index in [1.807, 2.05) is 17.1 Å². The first-order valence-electron chi connectivity index (χ1n) is 8.03. The monoisotopic (exact) mass is 340 g/mol. The van der Waals surface area contributed by atoms with Gasteiger partial charge in [-0.1, -0.05) is 12.2 Å². The number of alkyl halides is 3. The Morgan fingerprint density at radius 2 is 1.83 bits per heavy atom. The average Bonchev–Trinajstić information content (AvgIpc) is 3.09. The van der Waals surface area contributed by atoms with Crippen LogP contribution < -0.4 is 5.32 Å². The van der Waals surface area contributed by atoms with Gasteiger partial charge in [0.15, 0.2) is 0 Å². The van der Waals surface area contributed by atoms with Crippen LogP contribution in [0.1, 0.15) is 31.4 Å². The fourth-order valence-electron chi connectivity index (χ4n) is 3.12. The molecule has 0 atom stereocenters. The summed E-state index contributed by atoms with van der Waals surface area (Å²) in [6, 6.07) is 0.925. The quantitative estimate of drug-likeness (QED) is 0.860. The summed E-state index contributed by atoms with van der Waals surface area (Å²) in [4.78, 5) is 21.3. The van der Waals surface area contributed by atoms with Gasteiger partial charge in [-0.25, -0.2) is 9.97 Å². The average molecular weight is 340 g/mol. The van der Waals surface area contributed by atoms with Gasteiger partial charge in [-0.15, -0.1) is 0 Å². The number of nitrogens with zero attached hydrogens (tertiary/aromatic N) is 3. The molecule has 1 amide bonds. The Morgan fingerprint density at radius 1 is 1.17 bits per heavy atom. The van der Waals surface area contributed by atoms with E-state index >= 15 is 0 Å². The molecule has 0 spiro atoms. The van der Waals surface area contributed by atoms with Crippen LogP contribution in [0.25, 0.3) is 0 Å². The van der Waals surface area contributed by atoms with Crippen LogP contribution in [0.15, 0.2) is 24.5 Å². The van der Waals surface area contributed by atoms with Crippen molar-refractivity contribution in [2.45, 2.75) is 37.9 Å². The Hall–Kier alpha value is -2.12. The van der Waals surface area contributed by atoms with Crippen molar-refractivity contribution < 1.29 is 18.0 Å². The number of nitrogens with one attached hydrogen (secondary N) is 1. The van der Waals surface area contributed by atoms with Crippen LogP contribution in [-0.4, -0.2) is 39.9 Å². The standard InChI is InChI=1S/C16H19F3N4O/c17-16(18,19)13-9-14(21-10-20-13)22-12-5-7-23(8-6-12)15(24)11-3-1-2-4-11/h1-2,9-12H,3-8H2,(H,20,21,22). The number of likely N-dealkylation sites (tertiary alicyclic amines) is 1. The molecule has 130 valence electrons. The van der Waals surface area contributed by atoms with Gasteiger partial charge in [-0.2, -0.15) is 13.2 Å². The number of allylic oxidation sites excluding steroid dienone is 2. The third-order valence-electron chi connectivity index (χ3n) is 4.47. The first-order chi connectivity index (χ1) is 11.4. The smallest absolute Gasteiger partial charge is 0.367 e. The van der Waals surface area contributed by atoms with E-state index in [4.69, 9.17) is 0 Å². The second-order valence-electron chi connectivity index (χ2n) is 6.17. The number of amides is 1. The minimum Gasteiger partial charge on any atom is -0.367 e. The van der Waals surface area contributed by atoms with Gasteiger partial charge in [0, 0.05) is 31.1 Å². The van der Waals surface area contributed by atoms with Crippen molar-refractivity contribution in [1.82, 2.24) is 14.9 Å². The van der Waals surface area contributed by atoms with E-state index in [1.54, 1.807) is 0 Å². The van der Waals surface area contributed by atoms with Gasteiger partial charge in [0.25, 0.3) is 0 Å². The third kappa shape index (κ3) is 3.85. The molecular formula is C16H19F3N4O. The lowest BCUT2D eigenvalue weighted by Gasteiger charge is -2.34. The largest absolute Gasteiger partial charge is 0.433 e. The Labute approximate surface area is 138 Å². The predicted octanol–water partition coefficient (Wildman–Crippen LogP) is 2.86. The van der Waals surface area contributed by atoms with Gasteiger partial charge >= 0.3 is 6.18 Å². The summed E-state index contributed by atoms with van der Waals surface area (Å²) < 4.78 is 38.0. The lowest BCUT2D eigenvalue weighted by molar-refractivity contribution is -0.141. The number of halogens is 3. The van der Waals surface area contributed by atoms with Gasteiger partial charge in [-0.05, 0) is 25.7 Å². The Bertz CT molecular complexity index is 616. The van der Waals surface area contributed by atoms with Crippen molar-refractivity contribution in [3.8, 4) is 0 Å². The molecule has 24 heavy (non-hydrogen) atoms. The molecule has 0 radical (unpaired) electrons. The fraction of sp³-hybridized carbons (Fsp3) is 0.562. The maximum absolute atomic E-state index is 12.7. The van der Waals surface area contributed by atoms with Gasteiger partial charge < -0.3 is 10.2 Å². The molecule has 1 aromatic heterocycles. The first-order valence-corrected chi connectivity index (χ1v) is 8.03. The summed E-state index contributed by atoms with van der Waals surface area (Å²) in [7, 11) is 0. The number of piperidine rings is 1. The van der Waals surface area contributed by atoms with Crippen LogP contribution in [0.5, 0.6) is 0 Å². The minimum atomic E-state index is -4.48. The number of aromatic nitrogens is 2. The maximum Gasteiger partial charge on any atom is 0.433 e. The number of carbonyl (C=O) groups is 1. The van der Waals surface area contributed by atoms with Crippen LogP contribution in [-0.2, 0) is 11.0 Å². The van der Waals surface area contributed by atoms with E-state index in [0.29, 0.717) is 25.9 Å². The molecular weight excluding hydrogens is 321 g/mol. The number of carbonyl (C=O) groups excluding carboxylic acids is 1. The highest BCUT2D eigenvalue weighted by Crippen LogP contribution is 2.29. The van der Waals surface area contributed by atoms with E-state index < -0.39 is 11.9 Å². The molecule has 1 aromatic rings. The lowest BCUT2D eigenvalue weighted by Crippen LogP contribution is -2.44. The summed E-state index contributed by atoms with van der Waals surface area (Å²) in [5, 5.41) is 3.02. The van der Waals surface area contributed by atoms with Gasteiger partial charge in [0.1, 0.15) is 17.8 Å². The molecule has 2 aliphatic rings. The number of hydrogen-bond donors (Lipinski definition) is 1. The van der Waals surface area contributed by atoms with E-state index in [1.165, 1.54) is 0 Å². The number of rotatable bonds is 3.